The second-order valence-electron chi connectivity index (χ2n) is 3.02. The van der Waals surface area contributed by atoms with E-state index in [1.165, 1.54) is 0 Å². The minimum absolute atomic E-state index is 0.278. The normalized spacial score (nSPS) is 38.4. The Balaban J connectivity index is 2.54. The average Bonchev–Trinajstić information content (AvgIpc) is 2.11. The molecule has 3 heteroatoms. The van der Waals surface area contributed by atoms with Crippen molar-refractivity contribution in [2.45, 2.75) is 31.7 Å². The zero-order chi connectivity index (χ0) is 7.72. The molecule has 0 aliphatic carbocycles. The summed E-state index contributed by atoms with van der Waals surface area (Å²) in [5.74, 6) is 0. The zero-order valence-corrected chi connectivity index (χ0v) is 6.42. The highest BCUT2D eigenvalue weighted by Gasteiger charge is 2.34. The Hall–Kier alpha value is -0.150. The van der Waals surface area contributed by atoms with Gasteiger partial charge in [0.15, 0.2) is 0 Å². The molecule has 0 unspecified atom stereocenters. The topological polar surface area (TPSA) is 23.5 Å². The monoisotopic (exact) mass is 147 g/mol. The van der Waals surface area contributed by atoms with Crippen LogP contribution in [0.2, 0.25) is 0 Å². The summed E-state index contributed by atoms with van der Waals surface area (Å²) in [6.45, 7) is 2.40. The van der Waals surface area contributed by atoms with Gasteiger partial charge in [0.05, 0.1) is 12.1 Å². The minimum Gasteiger partial charge on any atom is -0.392 e. The van der Waals surface area contributed by atoms with Crippen LogP contribution in [0.3, 0.4) is 0 Å². The number of alkyl halides is 1. The van der Waals surface area contributed by atoms with E-state index >= 15 is 0 Å². The van der Waals surface area contributed by atoms with Gasteiger partial charge in [0, 0.05) is 6.54 Å². The number of halogens is 1. The summed E-state index contributed by atoms with van der Waals surface area (Å²) in [4.78, 5) is 1.87. The van der Waals surface area contributed by atoms with Gasteiger partial charge in [0.25, 0.3) is 0 Å². The van der Waals surface area contributed by atoms with Crippen LogP contribution < -0.4 is 0 Å². The largest absolute Gasteiger partial charge is 0.392 e. The number of hydrogen-bond acceptors (Lipinski definition) is 2. The van der Waals surface area contributed by atoms with Crippen molar-refractivity contribution in [3.8, 4) is 0 Å². The van der Waals surface area contributed by atoms with Crippen LogP contribution in [0.25, 0.3) is 0 Å². The van der Waals surface area contributed by atoms with Gasteiger partial charge in [-0.25, -0.2) is 4.39 Å². The Morgan fingerprint density at radius 3 is 2.50 bits per heavy atom. The highest BCUT2D eigenvalue weighted by atomic mass is 19.1. The maximum absolute atomic E-state index is 12.9. The summed E-state index contributed by atoms with van der Waals surface area (Å²) in [6.07, 6.45) is -0.834. The molecule has 60 valence electrons. The van der Waals surface area contributed by atoms with Gasteiger partial charge < -0.3 is 5.11 Å². The van der Waals surface area contributed by atoms with E-state index < -0.39 is 12.3 Å². The van der Waals surface area contributed by atoms with Crippen LogP contribution in [0.5, 0.6) is 0 Å². The van der Waals surface area contributed by atoms with Crippen molar-refractivity contribution in [2.75, 3.05) is 13.6 Å². The maximum atomic E-state index is 12.9. The van der Waals surface area contributed by atoms with Crippen molar-refractivity contribution in [2.24, 2.45) is 0 Å². The molecule has 0 spiro atoms. The second-order valence-corrected chi connectivity index (χ2v) is 3.02. The first-order chi connectivity index (χ1) is 4.63. The number of likely N-dealkylation sites (N-methyl/N-ethyl adjacent to an activating group) is 1. The van der Waals surface area contributed by atoms with E-state index in [0.29, 0.717) is 6.42 Å². The first-order valence-electron chi connectivity index (χ1n) is 3.65. The summed E-state index contributed by atoms with van der Waals surface area (Å²) in [6, 6.07) is -0.278. The third-order valence-corrected chi connectivity index (χ3v) is 2.13. The molecule has 1 fully saturated rings. The molecule has 0 amide bonds. The van der Waals surface area contributed by atoms with Crippen LogP contribution in [0, 0.1) is 0 Å². The molecule has 0 aromatic rings. The van der Waals surface area contributed by atoms with E-state index in [9.17, 15) is 4.39 Å². The Morgan fingerprint density at radius 2 is 2.30 bits per heavy atom. The fraction of sp³-hybridized carbons (Fsp3) is 1.00. The van der Waals surface area contributed by atoms with Gasteiger partial charge >= 0.3 is 0 Å². The third-order valence-electron chi connectivity index (χ3n) is 2.13. The predicted molar refractivity (Wildman–Crippen MR) is 37.6 cm³/mol. The average molecular weight is 147 g/mol. The van der Waals surface area contributed by atoms with Crippen molar-refractivity contribution in [3.05, 3.63) is 0 Å². The molecule has 0 radical (unpaired) electrons. The lowest BCUT2D eigenvalue weighted by molar-refractivity contribution is 0.0672. The Morgan fingerprint density at radius 1 is 1.70 bits per heavy atom. The predicted octanol–water partition coefficient (Wildman–Crippen LogP) is 0.409. The summed E-state index contributed by atoms with van der Waals surface area (Å²) >= 11 is 0. The van der Waals surface area contributed by atoms with Crippen molar-refractivity contribution in [1.29, 1.82) is 0 Å². The van der Waals surface area contributed by atoms with E-state index in [0.717, 1.165) is 6.54 Å². The van der Waals surface area contributed by atoms with Gasteiger partial charge in [-0.15, -0.1) is 0 Å². The molecular weight excluding hydrogens is 133 g/mol. The molecule has 1 heterocycles. The van der Waals surface area contributed by atoms with Crippen molar-refractivity contribution in [3.63, 3.8) is 0 Å². The van der Waals surface area contributed by atoms with Gasteiger partial charge in [-0.2, -0.15) is 0 Å². The first-order valence-corrected chi connectivity index (χ1v) is 3.65. The Kier molecular flexibility index (Phi) is 2.26. The molecule has 2 nitrogen and oxygen atoms in total. The summed E-state index contributed by atoms with van der Waals surface area (Å²) in [7, 11) is 1.84. The molecule has 0 aromatic carbocycles. The third kappa shape index (κ3) is 1.30. The van der Waals surface area contributed by atoms with Gasteiger partial charge in [-0.3, -0.25) is 4.90 Å². The zero-order valence-electron chi connectivity index (χ0n) is 6.42. The smallest absolute Gasteiger partial charge is 0.119 e. The number of likely N-dealkylation sites (tertiary alicyclic amines) is 1. The fourth-order valence-corrected chi connectivity index (χ4v) is 1.59. The van der Waals surface area contributed by atoms with Crippen LogP contribution >= 0.6 is 0 Å². The highest BCUT2D eigenvalue weighted by molar-refractivity contribution is 4.88. The molecule has 1 saturated heterocycles. The van der Waals surface area contributed by atoms with Crippen LogP contribution in [-0.4, -0.2) is 41.9 Å². The molecule has 0 bridgehead atoms. The van der Waals surface area contributed by atoms with Crippen LogP contribution in [-0.2, 0) is 0 Å². The number of aliphatic hydroxyl groups is 1. The molecule has 1 aliphatic rings. The lowest BCUT2D eigenvalue weighted by Crippen LogP contribution is -2.39. The van der Waals surface area contributed by atoms with Crippen LogP contribution in [0.15, 0.2) is 0 Å². The molecule has 10 heavy (non-hydrogen) atoms. The lowest BCUT2D eigenvalue weighted by Gasteiger charge is -2.23. The van der Waals surface area contributed by atoms with Crippen molar-refractivity contribution < 1.29 is 9.50 Å². The maximum Gasteiger partial charge on any atom is 0.119 e. The van der Waals surface area contributed by atoms with Gasteiger partial charge in [0.2, 0.25) is 0 Å². The summed E-state index contributed by atoms with van der Waals surface area (Å²) < 4.78 is 12.9. The molecular formula is C7H14FNO. The number of hydrogen-bond donors (Lipinski definition) is 1. The molecule has 1 aliphatic heterocycles. The number of nitrogens with zero attached hydrogens (tertiary/aromatic N) is 1. The van der Waals surface area contributed by atoms with E-state index in [4.69, 9.17) is 5.11 Å². The van der Waals surface area contributed by atoms with E-state index in [-0.39, 0.29) is 6.04 Å². The van der Waals surface area contributed by atoms with Gasteiger partial charge in [-0.05, 0) is 20.4 Å². The molecule has 0 saturated carbocycles. The van der Waals surface area contributed by atoms with Gasteiger partial charge in [-0.1, -0.05) is 0 Å². The highest BCUT2D eigenvalue weighted by Crippen LogP contribution is 2.21. The van der Waals surface area contributed by atoms with Crippen molar-refractivity contribution >= 4 is 0 Å². The number of rotatable bonds is 1. The standard InChI is InChI=1S/C7H14FNO/c1-5(10)7-6(8)3-4-9(7)2/h5-7,10H,3-4H2,1-2H3/t5-,6+,7+/m0/s1. The van der Waals surface area contributed by atoms with Crippen LogP contribution in [0.1, 0.15) is 13.3 Å². The summed E-state index contributed by atoms with van der Waals surface area (Å²) in [5.41, 5.74) is 0. The lowest BCUT2D eigenvalue weighted by atomic mass is 10.1. The Labute approximate surface area is 60.6 Å². The van der Waals surface area contributed by atoms with E-state index in [1.807, 2.05) is 11.9 Å². The summed E-state index contributed by atoms with van der Waals surface area (Å²) in [5, 5.41) is 9.11. The van der Waals surface area contributed by atoms with E-state index in [1.54, 1.807) is 6.92 Å². The van der Waals surface area contributed by atoms with Crippen LogP contribution in [0.4, 0.5) is 4.39 Å². The minimum atomic E-state index is -0.843. The second kappa shape index (κ2) is 2.84. The molecule has 1 N–H and O–H groups in total. The molecule has 3 atom stereocenters. The number of aliphatic hydroxyl groups excluding tert-OH is 1. The SMILES string of the molecule is C[C@H](O)[C@@H]1[C@H](F)CCN1C. The van der Waals surface area contributed by atoms with Gasteiger partial charge in [0.1, 0.15) is 6.17 Å². The first kappa shape index (κ1) is 7.95. The molecule has 1 rings (SSSR count). The quantitative estimate of drug-likeness (QED) is 0.580. The molecule has 0 aromatic heterocycles. The van der Waals surface area contributed by atoms with Crippen molar-refractivity contribution in [1.82, 2.24) is 4.90 Å². The fourth-order valence-electron chi connectivity index (χ4n) is 1.59. The van der Waals surface area contributed by atoms with E-state index in [2.05, 4.69) is 0 Å². The Bertz CT molecular complexity index is 108.